The van der Waals surface area contributed by atoms with Crippen molar-refractivity contribution in [3.63, 3.8) is 0 Å². The predicted octanol–water partition coefficient (Wildman–Crippen LogP) is 4.41. The molecule has 0 saturated carbocycles. The van der Waals surface area contributed by atoms with E-state index in [4.69, 9.17) is 0 Å². The molecule has 2 amide bonds. The zero-order valence-electron chi connectivity index (χ0n) is 15.6. The molecule has 1 fully saturated rings. The molecule has 3 aromatic carbocycles. The van der Waals surface area contributed by atoms with Crippen LogP contribution in [0.1, 0.15) is 28.8 Å². The number of carbonyl (C=O) groups is 2. The van der Waals surface area contributed by atoms with Crippen molar-refractivity contribution >= 4 is 17.5 Å². The first kappa shape index (κ1) is 18.0. The molecule has 1 aliphatic rings. The lowest BCUT2D eigenvalue weighted by atomic mass is 10.0. The summed E-state index contributed by atoms with van der Waals surface area (Å²) in [6.45, 7) is 1.19. The molecule has 4 rings (SSSR count). The molecule has 0 radical (unpaired) electrons. The standard InChI is InChI=1S/C24H22N2O2/c27-23-10-5-15-26(23)22-9-4-6-18(16-22)17-25-24(28)21-13-11-20(12-14-21)19-7-2-1-3-8-19/h1-4,6-9,11-14,16H,5,10,15,17H2,(H,25,28). The molecular formula is C24H22N2O2. The van der Waals surface area contributed by atoms with Gasteiger partial charge in [-0.25, -0.2) is 0 Å². The quantitative estimate of drug-likeness (QED) is 0.723. The van der Waals surface area contributed by atoms with Gasteiger partial charge in [-0.05, 0) is 47.4 Å². The smallest absolute Gasteiger partial charge is 0.251 e. The summed E-state index contributed by atoms with van der Waals surface area (Å²) in [5.41, 5.74) is 4.72. The molecule has 1 N–H and O–H groups in total. The maximum atomic E-state index is 12.5. The normalized spacial score (nSPS) is 13.6. The zero-order valence-corrected chi connectivity index (χ0v) is 15.6. The third-order valence-electron chi connectivity index (χ3n) is 5.00. The zero-order chi connectivity index (χ0) is 19.3. The summed E-state index contributed by atoms with van der Waals surface area (Å²) in [5, 5.41) is 2.96. The first-order chi connectivity index (χ1) is 13.7. The Balaban J connectivity index is 1.40. The Morgan fingerprint density at radius 1 is 0.893 bits per heavy atom. The molecule has 0 bridgehead atoms. The van der Waals surface area contributed by atoms with E-state index >= 15 is 0 Å². The highest BCUT2D eigenvalue weighted by Gasteiger charge is 2.21. The average Bonchev–Trinajstić information content (AvgIpc) is 3.19. The van der Waals surface area contributed by atoms with Crippen molar-refractivity contribution < 1.29 is 9.59 Å². The van der Waals surface area contributed by atoms with Gasteiger partial charge in [-0.2, -0.15) is 0 Å². The lowest BCUT2D eigenvalue weighted by Crippen LogP contribution is -2.25. The summed E-state index contributed by atoms with van der Waals surface area (Å²) in [5.74, 6) is 0.0574. The Morgan fingerprint density at radius 3 is 2.36 bits per heavy atom. The second-order valence-electron chi connectivity index (χ2n) is 6.94. The van der Waals surface area contributed by atoms with Crippen LogP contribution in [0.15, 0.2) is 78.9 Å². The second-order valence-corrected chi connectivity index (χ2v) is 6.94. The van der Waals surface area contributed by atoms with Crippen LogP contribution in [0, 0.1) is 0 Å². The fourth-order valence-corrected chi connectivity index (χ4v) is 3.48. The van der Waals surface area contributed by atoms with Gasteiger partial charge in [0.2, 0.25) is 5.91 Å². The molecule has 4 heteroatoms. The summed E-state index contributed by atoms with van der Waals surface area (Å²) in [4.78, 5) is 26.2. The molecule has 0 spiro atoms. The highest BCUT2D eigenvalue weighted by atomic mass is 16.2. The molecule has 0 aromatic heterocycles. The van der Waals surface area contributed by atoms with Gasteiger partial charge in [0.05, 0.1) is 0 Å². The number of nitrogens with zero attached hydrogens (tertiary/aromatic N) is 1. The van der Waals surface area contributed by atoms with Crippen LogP contribution in [-0.2, 0) is 11.3 Å². The van der Waals surface area contributed by atoms with Crippen molar-refractivity contribution in [2.75, 3.05) is 11.4 Å². The molecule has 1 heterocycles. The van der Waals surface area contributed by atoms with Gasteiger partial charge in [0.25, 0.3) is 5.91 Å². The van der Waals surface area contributed by atoms with E-state index in [1.807, 2.05) is 83.8 Å². The monoisotopic (exact) mass is 370 g/mol. The third kappa shape index (κ3) is 3.96. The summed E-state index contributed by atoms with van der Waals surface area (Å²) < 4.78 is 0. The third-order valence-corrected chi connectivity index (χ3v) is 5.00. The number of amides is 2. The van der Waals surface area contributed by atoms with Gasteiger partial charge in [0.1, 0.15) is 0 Å². The Bertz CT molecular complexity index is 981. The maximum Gasteiger partial charge on any atom is 0.251 e. The van der Waals surface area contributed by atoms with Crippen molar-refractivity contribution in [3.05, 3.63) is 90.0 Å². The Morgan fingerprint density at radius 2 is 1.64 bits per heavy atom. The minimum absolute atomic E-state index is 0.109. The van der Waals surface area contributed by atoms with E-state index in [1.165, 1.54) is 0 Å². The molecule has 4 nitrogen and oxygen atoms in total. The molecule has 1 saturated heterocycles. The van der Waals surface area contributed by atoms with E-state index in [-0.39, 0.29) is 11.8 Å². The van der Waals surface area contributed by atoms with Crippen molar-refractivity contribution in [3.8, 4) is 11.1 Å². The van der Waals surface area contributed by atoms with Crippen molar-refractivity contribution in [1.29, 1.82) is 0 Å². The van der Waals surface area contributed by atoms with E-state index in [0.29, 0.717) is 18.5 Å². The van der Waals surface area contributed by atoms with Crippen molar-refractivity contribution in [2.45, 2.75) is 19.4 Å². The van der Waals surface area contributed by atoms with E-state index in [0.717, 1.165) is 35.3 Å². The largest absolute Gasteiger partial charge is 0.348 e. The first-order valence-electron chi connectivity index (χ1n) is 9.54. The molecule has 1 aliphatic heterocycles. The number of nitrogens with one attached hydrogen (secondary N) is 1. The van der Waals surface area contributed by atoms with E-state index in [1.54, 1.807) is 0 Å². The fourth-order valence-electron chi connectivity index (χ4n) is 3.48. The van der Waals surface area contributed by atoms with Crippen molar-refractivity contribution in [1.82, 2.24) is 5.32 Å². The highest BCUT2D eigenvalue weighted by Crippen LogP contribution is 2.22. The Kier molecular flexibility index (Phi) is 5.20. The van der Waals surface area contributed by atoms with Crippen LogP contribution < -0.4 is 10.2 Å². The number of hydrogen-bond donors (Lipinski definition) is 1. The van der Waals surface area contributed by atoms with Crippen LogP contribution in [0.5, 0.6) is 0 Å². The SMILES string of the molecule is O=C(NCc1cccc(N2CCCC2=O)c1)c1ccc(-c2ccccc2)cc1. The summed E-state index contributed by atoms with van der Waals surface area (Å²) >= 11 is 0. The molecule has 0 atom stereocenters. The topological polar surface area (TPSA) is 49.4 Å². The highest BCUT2D eigenvalue weighted by molar-refractivity contribution is 5.96. The lowest BCUT2D eigenvalue weighted by molar-refractivity contribution is -0.117. The lowest BCUT2D eigenvalue weighted by Gasteiger charge is -2.16. The molecule has 140 valence electrons. The number of benzene rings is 3. The van der Waals surface area contributed by atoms with Crippen LogP contribution in [0.25, 0.3) is 11.1 Å². The molecular weight excluding hydrogens is 348 g/mol. The van der Waals surface area contributed by atoms with Gasteiger partial charge < -0.3 is 10.2 Å². The number of rotatable bonds is 5. The van der Waals surface area contributed by atoms with E-state index < -0.39 is 0 Å². The maximum absolute atomic E-state index is 12.5. The van der Waals surface area contributed by atoms with E-state index in [9.17, 15) is 9.59 Å². The van der Waals surface area contributed by atoms with Gasteiger partial charge in [-0.1, -0.05) is 54.6 Å². The van der Waals surface area contributed by atoms with E-state index in [2.05, 4.69) is 5.32 Å². The first-order valence-corrected chi connectivity index (χ1v) is 9.54. The molecule has 28 heavy (non-hydrogen) atoms. The van der Waals surface area contributed by atoms with Gasteiger partial charge in [-0.15, -0.1) is 0 Å². The van der Waals surface area contributed by atoms with Crippen LogP contribution in [-0.4, -0.2) is 18.4 Å². The van der Waals surface area contributed by atoms with Gasteiger partial charge >= 0.3 is 0 Å². The average molecular weight is 370 g/mol. The van der Waals surface area contributed by atoms with Crippen LogP contribution in [0.4, 0.5) is 5.69 Å². The minimum atomic E-state index is -0.109. The Hall–Kier alpha value is -3.40. The molecule has 3 aromatic rings. The van der Waals surface area contributed by atoms with Crippen LogP contribution in [0.3, 0.4) is 0 Å². The summed E-state index contributed by atoms with van der Waals surface area (Å²) in [7, 11) is 0. The summed E-state index contributed by atoms with van der Waals surface area (Å²) in [6, 6.07) is 25.5. The number of carbonyl (C=O) groups excluding carboxylic acids is 2. The fraction of sp³-hybridized carbons (Fsp3) is 0.167. The van der Waals surface area contributed by atoms with Crippen LogP contribution in [0.2, 0.25) is 0 Å². The van der Waals surface area contributed by atoms with Crippen molar-refractivity contribution in [2.24, 2.45) is 0 Å². The van der Waals surface area contributed by atoms with Gasteiger partial charge in [0, 0.05) is 30.8 Å². The minimum Gasteiger partial charge on any atom is -0.348 e. The molecule has 0 aliphatic carbocycles. The predicted molar refractivity (Wildman–Crippen MR) is 111 cm³/mol. The molecule has 0 unspecified atom stereocenters. The Labute approximate surface area is 164 Å². The van der Waals surface area contributed by atoms with Gasteiger partial charge in [0.15, 0.2) is 0 Å². The summed E-state index contributed by atoms with van der Waals surface area (Å²) in [6.07, 6.45) is 1.51. The number of hydrogen-bond acceptors (Lipinski definition) is 2. The second kappa shape index (κ2) is 8.09. The van der Waals surface area contributed by atoms with Crippen LogP contribution >= 0.6 is 0 Å². The van der Waals surface area contributed by atoms with Gasteiger partial charge in [-0.3, -0.25) is 9.59 Å². The number of anilines is 1.